The van der Waals surface area contributed by atoms with E-state index >= 15 is 0 Å². The van der Waals surface area contributed by atoms with E-state index in [4.69, 9.17) is 10.5 Å². The van der Waals surface area contributed by atoms with Crippen LogP contribution in [0.2, 0.25) is 0 Å². The van der Waals surface area contributed by atoms with Crippen molar-refractivity contribution in [1.29, 1.82) is 0 Å². The second kappa shape index (κ2) is 5.60. The molecule has 112 valence electrons. The molecule has 0 atom stereocenters. The van der Waals surface area contributed by atoms with Crippen LogP contribution in [0.4, 0.5) is 17.6 Å². The third-order valence-electron chi connectivity index (χ3n) is 3.62. The first-order valence-electron chi connectivity index (χ1n) is 6.59. The lowest BCUT2D eigenvalue weighted by molar-refractivity contribution is -0.137. The third-order valence-corrected chi connectivity index (χ3v) is 3.62. The van der Waals surface area contributed by atoms with Crippen LogP contribution in [0.5, 0.6) is 5.75 Å². The third kappa shape index (κ3) is 3.62. The van der Waals surface area contributed by atoms with Crippen molar-refractivity contribution in [3.63, 3.8) is 0 Å². The van der Waals surface area contributed by atoms with Crippen molar-refractivity contribution in [2.45, 2.75) is 43.8 Å². The fourth-order valence-electron chi connectivity index (χ4n) is 2.42. The minimum absolute atomic E-state index is 0.120. The SMILES string of the molecule is NC1(COc2ccc(C(F)(F)F)cc2F)CCCCC1. The fourth-order valence-corrected chi connectivity index (χ4v) is 2.42. The Bertz CT molecular complexity index is 467. The summed E-state index contributed by atoms with van der Waals surface area (Å²) in [5.74, 6) is -1.20. The van der Waals surface area contributed by atoms with Gasteiger partial charge < -0.3 is 10.5 Å². The molecule has 6 heteroatoms. The van der Waals surface area contributed by atoms with Crippen molar-refractivity contribution in [2.75, 3.05) is 6.61 Å². The van der Waals surface area contributed by atoms with Gasteiger partial charge in [-0.1, -0.05) is 19.3 Å². The Morgan fingerprint density at radius 2 is 1.80 bits per heavy atom. The van der Waals surface area contributed by atoms with Gasteiger partial charge in [-0.05, 0) is 31.0 Å². The van der Waals surface area contributed by atoms with Crippen molar-refractivity contribution in [3.8, 4) is 5.75 Å². The minimum atomic E-state index is -4.56. The van der Waals surface area contributed by atoms with Gasteiger partial charge in [-0.15, -0.1) is 0 Å². The van der Waals surface area contributed by atoms with Crippen LogP contribution < -0.4 is 10.5 Å². The summed E-state index contributed by atoms with van der Waals surface area (Å²) in [5.41, 5.74) is 4.60. The topological polar surface area (TPSA) is 35.2 Å². The molecule has 0 aliphatic heterocycles. The van der Waals surface area contributed by atoms with Crippen LogP contribution in [0.1, 0.15) is 37.7 Å². The van der Waals surface area contributed by atoms with Gasteiger partial charge in [0, 0.05) is 0 Å². The zero-order valence-electron chi connectivity index (χ0n) is 11.0. The average Bonchev–Trinajstić information content (AvgIpc) is 2.37. The summed E-state index contributed by atoms with van der Waals surface area (Å²) >= 11 is 0. The summed E-state index contributed by atoms with van der Waals surface area (Å²) in [7, 11) is 0. The summed E-state index contributed by atoms with van der Waals surface area (Å²) in [6, 6.07) is 2.26. The van der Waals surface area contributed by atoms with Gasteiger partial charge in [-0.3, -0.25) is 0 Å². The number of halogens is 4. The molecular weight excluding hydrogens is 274 g/mol. The van der Waals surface area contributed by atoms with E-state index in [1.54, 1.807) is 0 Å². The lowest BCUT2D eigenvalue weighted by Gasteiger charge is -2.33. The number of nitrogens with two attached hydrogens (primary N) is 1. The number of hydrogen-bond acceptors (Lipinski definition) is 2. The molecule has 2 nitrogen and oxygen atoms in total. The highest BCUT2D eigenvalue weighted by Gasteiger charge is 2.32. The molecule has 1 aromatic rings. The number of rotatable bonds is 3. The molecule has 20 heavy (non-hydrogen) atoms. The standard InChI is InChI=1S/C14H17F4NO/c15-11-8-10(14(16,17)18)4-5-12(11)20-9-13(19)6-2-1-3-7-13/h4-5,8H,1-3,6-7,9,19H2. The molecule has 1 aliphatic rings. The Hall–Kier alpha value is -1.30. The van der Waals surface area contributed by atoms with E-state index in [2.05, 4.69) is 0 Å². The summed E-state index contributed by atoms with van der Waals surface area (Å²) in [6.07, 6.45) is 0.126. The molecule has 0 bridgehead atoms. The molecule has 0 amide bonds. The zero-order valence-corrected chi connectivity index (χ0v) is 11.0. The van der Waals surface area contributed by atoms with Crippen LogP contribution in [-0.4, -0.2) is 12.1 Å². The van der Waals surface area contributed by atoms with Gasteiger partial charge in [0.05, 0.1) is 11.1 Å². The first-order chi connectivity index (χ1) is 9.30. The van der Waals surface area contributed by atoms with Crippen molar-refractivity contribution in [1.82, 2.24) is 0 Å². The Kier molecular flexibility index (Phi) is 4.22. The highest BCUT2D eigenvalue weighted by Crippen LogP contribution is 2.32. The number of ether oxygens (including phenoxy) is 1. The second-order valence-corrected chi connectivity index (χ2v) is 5.35. The predicted octanol–water partition coefficient (Wildman–Crippen LogP) is 3.88. The molecule has 1 fully saturated rings. The summed E-state index contributed by atoms with van der Waals surface area (Å²) < 4.78 is 56.1. The Labute approximate surface area is 114 Å². The molecule has 2 N–H and O–H groups in total. The van der Waals surface area contributed by atoms with E-state index in [0.717, 1.165) is 44.2 Å². The molecule has 0 aromatic heterocycles. The Balaban J connectivity index is 2.03. The maximum atomic E-state index is 13.6. The number of benzene rings is 1. The number of alkyl halides is 3. The maximum absolute atomic E-state index is 13.6. The first kappa shape index (κ1) is 15.1. The highest BCUT2D eigenvalue weighted by atomic mass is 19.4. The van der Waals surface area contributed by atoms with Gasteiger partial charge in [-0.2, -0.15) is 13.2 Å². The van der Waals surface area contributed by atoms with Crippen LogP contribution in [-0.2, 0) is 6.18 Å². The lowest BCUT2D eigenvalue weighted by atomic mass is 9.83. The average molecular weight is 291 g/mol. The summed E-state index contributed by atoms with van der Waals surface area (Å²) in [5, 5.41) is 0. The molecule has 2 rings (SSSR count). The van der Waals surface area contributed by atoms with Gasteiger partial charge in [0.1, 0.15) is 6.61 Å². The molecule has 1 saturated carbocycles. The van der Waals surface area contributed by atoms with Crippen molar-refractivity contribution in [3.05, 3.63) is 29.6 Å². The fraction of sp³-hybridized carbons (Fsp3) is 0.571. The smallest absolute Gasteiger partial charge is 0.416 e. The largest absolute Gasteiger partial charge is 0.489 e. The quantitative estimate of drug-likeness (QED) is 0.858. The van der Waals surface area contributed by atoms with E-state index in [9.17, 15) is 17.6 Å². The lowest BCUT2D eigenvalue weighted by Crippen LogP contribution is -2.47. The molecular formula is C14H17F4NO. The minimum Gasteiger partial charge on any atom is -0.489 e. The molecule has 0 unspecified atom stereocenters. The van der Waals surface area contributed by atoms with Crippen LogP contribution in [0.3, 0.4) is 0 Å². The normalized spacial score (nSPS) is 18.9. The van der Waals surface area contributed by atoms with Crippen LogP contribution >= 0.6 is 0 Å². The van der Waals surface area contributed by atoms with Gasteiger partial charge >= 0.3 is 6.18 Å². The molecule has 0 saturated heterocycles. The predicted molar refractivity (Wildman–Crippen MR) is 66.9 cm³/mol. The first-order valence-corrected chi connectivity index (χ1v) is 6.59. The zero-order chi connectivity index (χ0) is 14.8. The van der Waals surface area contributed by atoms with E-state index in [-0.39, 0.29) is 12.4 Å². The summed E-state index contributed by atoms with van der Waals surface area (Å²) in [6.45, 7) is 0.120. The molecule has 0 heterocycles. The summed E-state index contributed by atoms with van der Waals surface area (Å²) in [4.78, 5) is 0. The van der Waals surface area contributed by atoms with Crippen LogP contribution in [0.15, 0.2) is 18.2 Å². The van der Waals surface area contributed by atoms with Crippen molar-refractivity contribution < 1.29 is 22.3 Å². The van der Waals surface area contributed by atoms with E-state index < -0.39 is 23.1 Å². The van der Waals surface area contributed by atoms with Crippen LogP contribution in [0.25, 0.3) is 0 Å². The molecule has 1 aromatic carbocycles. The van der Waals surface area contributed by atoms with E-state index in [1.165, 1.54) is 0 Å². The highest BCUT2D eigenvalue weighted by molar-refractivity contribution is 5.31. The maximum Gasteiger partial charge on any atom is 0.416 e. The van der Waals surface area contributed by atoms with Gasteiger partial charge in [-0.25, -0.2) is 4.39 Å². The van der Waals surface area contributed by atoms with Gasteiger partial charge in [0.25, 0.3) is 0 Å². The van der Waals surface area contributed by atoms with Crippen molar-refractivity contribution in [2.24, 2.45) is 5.73 Å². The second-order valence-electron chi connectivity index (χ2n) is 5.35. The number of hydrogen-bond donors (Lipinski definition) is 1. The van der Waals surface area contributed by atoms with Crippen LogP contribution in [0, 0.1) is 5.82 Å². The van der Waals surface area contributed by atoms with Crippen molar-refractivity contribution >= 4 is 0 Å². The molecule has 0 radical (unpaired) electrons. The molecule has 1 aliphatic carbocycles. The van der Waals surface area contributed by atoms with Gasteiger partial charge in [0.15, 0.2) is 11.6 Å². The Morgan fingerprint density at radius 1 is 1.15 bits per heavy atom. The van der Waals surface area contributed by atoms with E-state index in [1.807, 2.05) is 0 Å². The Morgan fingerprint density at radius 3 is 2.35 bits per heavy atom. The monoisotopic (exact) mass is 291 g/mol. The van der Waals surface area contributed by atoms with Gasteiger partial charge in [0.2, 0.25) is 0 Å². The van der Waals surface area contributed by atoms with E-state index in [0.29, 0.717) is 6.07 Å². The molecule has 0 spiro atoms.